The van der Waals surface area contributed by atoms with Crippen LogP contribution in [-0.4, -0.2) is 24.0 Å². The predicted molar refractivity (Wildman–Crippen MR) is 78.1 cm³/mol. The van der Waals surface area contributed by atoms with Crippen LogP contribution in [0.25, 0.3) is 11.1 Å². The largest absolute Gasteiger partial charge is 0.417 e. The van der Waals surface area contributed by atoms with Gasteiger partial charge in [-0.1, -0.05) is 0 Å². The summed E-state index contributed by atoms with van der Waals surface area (Å²) in [6, 6.07) is 5.18. The molecule has 1 saturated carbocycles. The van der Waals surface area contributed by atoms with Gasteiger partial charge < -0.3 is 15.1 Å². The fourth-order valence-corrected chi connectivity index (χ4v) is 3.45. The average molecular weight is 287 g/mol. The van der Waals surface area contributed by atoms with Crippen molar-refractivity contribution < 1.29 is 9.21 Å². The molecule has 1 spiro atoms. The number of H-pyrrole nitrogens is 1. The van der Waals surface area contributed by atoms with Crippen LogP contribution in [0.3, 0.4) is 0 Å². The molecule has 2 fully saturated rings. The SMILES string of the molecule is O=C(Nc1ccc2oc(=O)[nH]c2c1)C1CC12CCNCC2. The third kappa shape index (κ3) is 2.15. The Balaban J connectivity index is 1.49. The molecular weight excluding hydrogens is 270 g/mol. The zero-order chi connectivity index (χ0) is 14.4. The van der Waals surface area contributed by atoms with Crippen LogP contribution >= 0.6 is 0 Å². The molecule has 1 unspecified atom stereocenters. The van der Waals surface area contributed by atoms with Crippen LogP contribution in [-0.2, 0) is 4.79 Å². The Morgan fingerprint density at radius 1 is 1.33 bits per heavy atom. The van der Waals surface area contributed by atoms with Crippen LogP contribution in [0.1, 0.15) is 19.3 Å². The van der Waals surface area contributed by atoms with Crippen LogP contribution in [0.5, 0.6) is 0 Å². The van der Waals surface area contributed by atoms with E-state index in [0.717, 1.165) is 32.4 Å². The van der Waals surface area contributed by atoms with E-state index in [4.69, 9.17) is 4.42 Å². The van der Waals surface area contributed by atoms with E-state index in [9.17, 15) is 9.59 Å². The quantitative estimate of drug-likeness (QED) is 0.780. The maximum absolute atomic E-state index is 12.4. The van der Waals surface area contributed by atoms with Gasteiger partial charge in [0.2, 0.25) is 5.91 Å². The predicted octanol–water partition coefficient (Wildman–Crippen LogP) is 1.45. The smallest absolute Gasteiger partial charge is 0.408 e. The lowest BCUT2D eigenvalue weighted by molar-refractivity contribution is -0.118. The molecule has 6 heteroatoms. The zero-order valence-corrected chi connectivity index (χ0v) is 11.6. The summed E-state index contributed by atoms with van der Waals surface area (Å²) >= 11 is 0. The first-order valence-corrected chi connectivity index (χ1v) is 7.31. The fraction of sp³-hybridized carbons (Fsp3) is 0.467. The van der Waals surface area contributed by atoms with E-state index in [0.29, 0.717) is 16.8 Å². The molecule has 1 aliphatic heterocycles. The lowest BCUT2D eigenvalue weighted by atomic mass is 9.92. The second-order valence-corrected chi connectivity index (χ2v) is 6.08. The Morgan fingerprint density at radius 2 is 2.14 bits per heavy atom. The Kier molecular flexibility index (Phi) is 2.68. The number of anilines is 1. The minimum Gasteiger partial charge on any atom is -0.408 e. The molecule has 1 atom stereocenters. The Bertz CT molecular complexity index is 755. The first-order valence-electron chi connectivity index (χ1n) is 7.31. The summed E-state index contributed by atoms with van der Waals surface area (Å²) in [4.78, 5) is 26.1. The van der Waals surface area contributed by atoms with Crippen LogP contribution in [0.15, 0.2) is 27.4 Å². The van der Waals surface area contributed by atoms with Gasteiger partial charge in [-0.05, 0) is 56.0 Å². The molecule has 1 aliphatic carbocycles. The van der Waals surface area contributed by atoms with E-state index < -0.39 is 5.76 Å². The molecule has 1 amide bonds. The van der Waals surface area contributed by atoms with E-state index in [1.54, 1.807) is 18.2 Å². The number of oxazole rings is 1. The zero-order valence-electron chi connectivity index (χ0n) is 11.6. The number of rotatable bonds is 2. The van der Waals surface area contributed by atoms with Crippen molar-refractivity contribution in [2.75, 3.05) is 18.4 Å². The van der Waals surface area contributed by atoms with Gasteiger partial charge in [0.05, 0.1) is 5.52 Å². The fourth-order valence-electron chi connectivity index (χ4n) is 3.45. The van der Waals surface area contributed by atoms with Crippen molar-refractivity contribution in [2.24, 2.45) is 11.3 Å². The molecule has 3 N–H and O–H groups in total. The number of carbonyl (C=O) groups is 1. The third-order valence-corrected chi connectivity index (χ3v) is 4.79. The maximum atomic E-state index is 12.4. The lowest BCUT2D eigenvalue weighted by Crippen LogP contribution is -2.31. The molecule has 0 radical (unpaired) electrons. The van der Waals surface area contributed by atoms with Crippen LogP contribution in [0.2, 0.25) is 0 Å². The standard InChI is InChI=1S/C15H17N3O3/c19-13(10-8-15(10)3-5-16-6-4-15)17-9-1-2-12-11(7-9)18-14(20)21-12/h1-2,7,10,16H,3-6,8H2,(H,17,19)(H,18,20). The number of fused-ring (bicyclic) bond motifs is 1. The number of piperidine rings is 1. The molecule has 1 aromatic carbocycles. The summed E-state index contributed by atoms with van der Waals surface area (Å²) in [5, 5.41) is 6.29. The minimum absolute atomic E-state index is 0.0853. The number of hydrogen-bond donors (Lipinski definition) is 3. The van der Waals surface area contributed by atoms with Crippen molar-refractivity contribution in [3.8, 4) is 0 Å². The number of amides is 1. The Labute approximate surface area is 120 Å². The van der Waals surface area contributed by atoms with Gasteiger partial charge in [0.1, 0.15) is 0 Å². The van der Waals surface area contributed by atoms with Gasteiger partial charge >= 0.3 is 5.76 Å². The van der Waals surface area contributed by atoms with Gasteiger partial charge in [-0.25, -0.2) is 4.79 Å². The number of aromatic amines is 1. The molecule has 4 rings (SSSR count). The second-order valence-electron chi connectivity index (χ2n) is 6.08. The van der Waals surface area contributed by atoms with Crippen LogP contribution in [0.4, 0.5) is 5.69 Å². The molecule has 110 valence electrons. The monoisotopic (exact) mass is 287 g/mol. The first kappa shape index (κ1) is 12.6. The van der Waals surface area contributed by atoms with E-state index in [1.807, 2.05) is 0 Å². The normalized spacial score (nSPS) is 23.3. The van der Waals surface area contributed by atoms with Gasteiger partial charge in [-0.3, -0.25) is 9.78 Å². The lowest BCUT2D eigenvalue weighted by Gasteiger charge is -2.23. The highest BCUT2D eigenvalue weighted by molar-refractivity contribution is 5.96. The third-order valence-electron chi connectivity index (χ3n) is 4.79. The van der Waals surface area contributed by atoms with Crippen LogP contribution in [0, 0.1) is 11.3 Å². The number of benzene rings is 1. The molecule has 6 nitrogen and oxygen atoms in total. The number of carbonyl (C=O) groups excluding carboxylic acids is 1. The average Bonchev–Trinajstić information content (AvgIpc) is 3.02. The topological polar surface area (TPSA) is 87.1 Å². The van der Waals surface area contributed by atoms with Gasteiger partial charge in [0.25, 0.3) is 0 Å². The molecule has 2 aromatic rings. The van der Waals surface area contributed by atoms with Crippen molar-refractivity contribution in [3.05, 3.63) is 28.7 Å². The summed E-state index contributed by atoms with van der Waals surface area (Å²) < 4.78 is 4.95. The van der Waals surface area contributed by atoms with Gasteiger partial charge in [0, 0.05) is 11.6 Å². The highest BCUT2D eigenvalue weighted by Gasteiger charge is 2.57. The van der Waals surface area contributed by atoms with Gasteiger partial charge in [-0.15, -0.1) is 0 Å². The molecule has 2 aliphatic rings. The Hall–Kier alpha value is -2.08. The van der Waals surface area contributed by atoms with E-state index in [-0.39, 0.29) is 17.2 Å². The van der Waals surface area contributed by atoms with E-state index >= 15 is 0 Å². The van der Waals surface area contributed by atoms with Crippen molar-refractivity contribution in [1.29, 1.82) is 0 Å². The van der Waals surface area contributed by atoms with Crippen molar-refractivity contribution >= 4 is 22.7 Å². The van der Waals surface area contributed by atoms with Crippen molar-refractivity contribution in [2.45, 2.75) is 19.3 Å². The summed E-state index contributed by atoms with van der Waals surface area (Å²) in [7, 11) is 0. The number of hydrogen-bond acceptors (Lipinski definition) is 4. The van der Waals surface area contributed by atoms with Gasteiger partial charge in [-0.2, -0.15) is 0 Å². The molecule has 21 heavy (non-hydrogen) atoms. The Morgan fingerprint density at radius 3 is 2.95 bits per heavy atom. The van der Waals surface area contributed by atoms with Gasteiger partial charge in [0.15, 0.2) is 5.58 Å². The summed E-state index contributed by atoms with van der Waals surface area (Å²) in [6.07, 6.45) is 3.16. The molecule has 2 heterocycles. The highest BCUT2D eigenvalue weighted by atomic mass is 16.4. The number of aromatic nitrogens is 1. The second kappa shape index (κ2) is 4.46. The highest BCUT2D eigenvalue weighted by Crippen LogP contribution is 2.58. The molecule has 0 bridgehead atoms. The first-order chi connectivity index (χ1) is 10.2. The number of nitrogens with one attached hydrogen (secondary N) is 3. The van der Waals surface area contributed by atoms with Crippen molar-refractivity contribution in [3.63, 3.8) is 0 Å². The summed E-state index contributed by atoms with van der Waals surface area (Å²) in [5.41, 5.74) is 2.02. The summed E-state index contributed by atoms with van der Waals surface area (Å²) in [6.45, 7) is 2.01. The molecular formula is C15H17N3O3. The van der Waals surface area contributed by atoms with E-state index in [2.05, 4.69) is 15.6 Å². The maximum Gasteiger partial charge on any atom is 0.417 e. The van der Waals surface area contributed by atoms with Crippen molar-refractivity contribution in [1.82, 2.24) is 10.3 Å². The molecule has 1 aromatic heterocycles. The van der Waals surface area contributed by atoms with E-state index in [1.165, 1.54) is 0 Å². The van der Waals surface area contributed by atoms with Crippen LogP contribution < -0.4 is 16.4 Å². The summed E-state index contributed by atoms with van der Waals surface area (Å²) in [5.74, 6) is -0.273. The molecule has 1 saturated heterocycles. The minimum atomic E-state index is -0.482.